The zero-order chi connectivity index (χ0) is 16.2. The van der Waals surface area contributed by atoms with Gasteiger partial charge in [-0.1, -0.05) is 30.3 Å². The predicted octanol–water partition coefficient (Wildman–Crippen LogP) is 2.46. The van der Waals surface area contributed by atoms with Crippen LogP contribution in [0.1, 0.15) is 44.1 Å². The van der Waals surface area contributed by atoms with Gasteiger partial charge in [-0.2, -0.15) is 0 Å². The van der Waals surface area contributed by atoms with E-state index in [4.69, 9.17) is 4.74 Å². The fourth-order valence-corrected chi connectivity index (χ4v) is 4.11. The molecule has 5 atom stereocenters. The topological polar surface area (TPSA) is 66.8 Å². The van der Waals surface area contributed by atoms with E-state index in [1.165, 1.54) is 5.56 Å². The molecule has 1 heterocycles. The first-order valence-electron chi connectivity index (χ1n) is 8.73. The molecule has 1 aliphatic carbocycles. The molecule has 0 aromatic heterocycles. The van der Waals surface area contributed by atoms with E-state index in [1.54, 1.807) is 0 Å². The monoisotopic (exact) mass is 318 g/mol. The van der Waals surface area contributed by atoms with Crippen LogP contribution in [0.2, 0.25) is 0 Å². The van der Waals surface area contributed by atoms with Crippen LogP contribution in [0.25, 0.3) is 0 Å². The summed E-state index contributed by atoms with van der Waals surface area (Å²) >= 11 is 0. The Balaban J connectivity index is 1.45. The third kappa shape index (κ3) is 4.12. The highest BCUT2D eigenvalue weighted by atomic mass is 16.5. The lowest BCUT2D eigenvalue weighted by Crippen LogP contribution is -2.31. The third-order valence-electron chi connectivity index (χ3n) is 5.40. The number of hydrogen-bond acceptors (Lipinski definition) is 4. The van der Waals surface area contributed by atoms with E-state index in [0.29, 0.717) is 19.3 Å². The number of aryl methyl sites for hydroxylation is 1. The second-order valence-electron chi connectivity index (χ2n) is 6.95. The lowest BCUT2D eigenvalue weighted by molar-refractivity contribution is -0.157. The Morgan fingerprint density at radius 1 is 1.22 bits per heavy atom. The Hall–Kier alpha value is -1.39. The smallest absolute Gasteiger partial charge is 0.306 e. The average Bonchev–Trinajstić information content (AvgIpc) is 2.86. The van der Waals surface area contributed by atoms with Crippen LogP contribution >= 0.6 is 0 Å². The normalized spacial score (nSPS) is 31.5. The number of esters is 1. The first-order chi connectivity index (χ1) is 11.1. The summed E-state index contributed by atoms with van der Waals surface area (Å²) in [6, 6.07) is 10.2. The van der Waals surface area contributed by atoms with Crippen molar-refractivity contribution in [3.63, 3.8) is 0 Å². The highest BCUT2D eigenvalue weighted by molar-refractivity contribution is 5.70. The standard InChI is InChI=1S/C19H26O4/c20-14(7-6-13-4-2-1-3-5-13)8-9-15-16-10-11-19(22)23-18(16)12-17(15)21/h1-5,14-18,20-21H,6-12H2/t14-,15+,16+,17+,18+/m0/s1. The van der Waals surface area contributed by atoms with Crippen LogP contribution in [0.3, 0.4) is 0 Å². The van der Waals surface area contributed by atoms with Gasteiger partial charge < -0.3 is 14.9 Å². The van der Waals surface area contributed by atoms with Crippen LogP contribution in [0, 0.1) is 11.8 Å². The first-order valence-corrected chi connectivity index (χ1v) is 8.73. The molecule has 1 aromatic carbocycles. The van der Waals surface area contributed by atoms with Crippen molar-refractivity contribution in [2.24, 2.45) is 11.8 Å². The largest absolute Gasteiger partial charge is 0.462 e. The summed E-state index contributed by atoms with van der Waals surface area (Å²) in [7, 11) is 0. The van der Waals surface area contributed by atoms with Crippen molar-refractivity contribution in [2.75, 3.05) is 0 Å². The molecular weight excluding hydrogens is 292 g/mol. The number of carbonyl (C=O) groups is 1. The van der Waals surface area contributed by atoms with Crippen molar-refractivity contribution in [3.05, 3.63) is 35.9 Å². The van der Waals surface area contributed by atoms with Gasteiger partial charge in [0.1, 0.15) is 6.10 Å². The summed E-state index contributed by atoms with van der Waals surface area (Å²) in [5.41, 5.74) is 1.24. The minimum atomic E-state index is -0.405. The molecule has 3 rings (SSSR count). The molecule has 4 nitrogen and oxygen atoms in total. The zero-order valence-corrected chi connectivity index (χ0v) is 13.4. The summed E-state index contributed by atoms with van der Waals surface area (Å²) in [5.74, 6) is 0.283. The van der Waals surface area contributed by atoms with E-state index < -0.39 is 6.10 Å². The molecule has 0 unspecified atom stereocenters. The van der Waals surface area contributed by atoms with E-state index in [9.17, 15) is 15.0 Å². The number of benzene rings is 1. The Bertz CT molecular complexity index is 515. The molecule has 2 fully saturated rings. The fourth-order valence-electron chi connectivity index (χ4n) is 4.11. The van der Waals surface area contributed by atoms with Gasteiger partial charge in [-0.15, -0.1) is 0 Å². The van der Waals surface area contributed by atoms with Crippen molar-refractivity contribution in [1.82, 2.24) is 0 Å². The van der Waals surface area contributed by atoms with Gasteiger partial charge in [0, 0.05) is 18.8 Å². The number of ether oxygens (including phenoxy) is 1. The van der Waals surface area contributed by atoms with Crippen molar-refractivity contribution in [1.29, 1.82) is 0 Å². The third-order valence-corrected chi connectivity index (χ3v) is 5.40. The maximum absolute atomic E-state index is 11.4. The summed E-state index contributed by atoms with van der Waals surface area (Å²) in [5, 5.41) is 20.5. The van der Waals surface area contributed by atoms with Gasteiger partial charge >= 0.3 is 5.97 Å². The summed E-state index contributed by atoms with van der Waals surface area (Å²) in [6.07, 6.45) is 4.09. The Morgan fingerprint density at radius 2 is 2.00 bits per heavy atom. The van der Waals surface area contributed by atoms with Crippen LogP contribution in [-0.2, 0) is 16.0 Å². The summed E-state index contributed by atoms with van der Waals surface area (Å²) in [6.45, 7) is 0. The molecule has 126 valence electrons. The molecule has 1 aliphatic heterocycles. The number of aliphatic hydroxyl groups is 2. The van der Waals surface area contributed by atoms with Crippen LogP contribution < -0.4 is 0 Å². The van der Waals surface area contributed by atoms with Gasteiger partial charge in [-0.3, -0.25) is 4.79 Å². The Kier molecular flexibility index (Phi) is 5.34. The second-order valence-corrected chi connectivity index (χ2v) is 6.95. The minimum Gasteiger partial charge on any atom is -0.462 e. The molecule has 23 heavy (non-hydrogen) atoms. The number of hydrogen-bond donors (Lipinski definition) is 2. The lowest BCUT2D eigenvalue weighted by Gasteiger charge is -2.29. The molecule has 0 amide bonds. The number of rotatable bonds is 6. The van der Waals surface area contributed by atoms with Gasteiger partial charge in [0.2, 0.25) is 0 Å². The molecule has 0 spiro atoms. The van der Waals surface area contributed by atoms with Crippen LogP contribution in [0.4, 0.5) is 0 Å². The van der Waals surface area contributed by atoms with Gasteiger partial charge in [0.15, 0.2) is 0 Å². The molecular formula is C19H26O4. The van der Waals surface area contributed by atoms with E-state index in [0.717, 1.165) is 25.7 Å². The summed E-state index contributed by atoms with van der Waals surface area (Å²) in [4.78, 5) is 11.4. The number of aliphatic hydroxyl groups excluding tert-OH is 2. The van der Waals surface area contributed by atoms with Gasteiger partial charge in [-0.05, 0) is 43.6 Å². The van der Waals surface area contributed by atoms with E-state index in [-0.39, 0.29) is 30.0 Å². The van der Waals surface area contributed by atoms with Gasteiger partial charge in [0.25, 0.3) is 0 Å². The van der Waals surface area contributed by atoms with E-state index in [2.05, 4.69) is 12.1 Å². The van der Waals surface area contributed by atoms with Crippen molar-refractivity contribution >= 4 is 5.97 Å². The maximum atomic E-state index is 11.4. The first kappa shape index (κ1) is 16.5. The predicted molar refractivity (Wildman–Crippen MR) is 86.7 cm³/mol. The zero-order valence-electron chi connectivity index (χ0n) is 13.4. The summed E-state index contributed by atoms with van der Waals surface area (Å²) < 4.78 is 5.36. The molecule has 1 saturated heterocycles. The maximum Gasteiger partial charge on any atom is 0.306 e. The average molecular weight is 318 g/mol. The van der Waals surface area contributed by atoms with E-state index >= 15 is 0 Å². The quantitative estimate of drug-likeness (QED) is 0.791. The molecule has 2 aliphatic rings. The second kappa shape index (κ2) is 7.45. The molecule has 1 saturated carbocycles. The van der Waals surface area contributed by atoms with Crippen LogP contribution in [0.15, 0.2) is 30.3 Å². The van der Waals surface area contributed by atoms with Gasteiger partial charge in [0.05, 0.1) is 12.2 Å². The van der Waals surface area contributed by atoms with Crippen molar-refractivity contribution in [3.8, 4) is 0 Å². The number of carbonyl (C=O) groups excluding carboxylic acids is 1. The highest BCUT2D eigenvalue weighted by Gasteiger charge is 2.46. The highest BCUT2D eigenvalue weighted by Crippen LogP contribution is 2.42. The SMILES string of the molecule is O=C1CC[C@@H]2[C@@H](CC[C@@H](O)CCc3ccccc3)[C@H](O)C[C@H]2O1. The lowest BCUT2D eigenvalue weighted by atomic mass is 9.84. The molecule has 2 N–H and O–H groups in total. The fraction of sp³-hybridized carbons (Fsp3) is 0.632. The van der Waals surface area contributed by atoms with Gasteiger partial charge in [-0.25, -0.2) is 0 Å². The number of fused-ring (bicyclic) bond motifs is 1. The Labute approximate surface area is 137 Å². The minimum absolute atomic E-state index is 0.113. The van der Waals surface area contributed by atoms with Crippen molar-refractivity contribution in [2.45, 2.75) is 63.3 Å². The molecule has 0 bridgehead atoms. The van der Waals surface area contributed by atoms with Crippen molar-refractivity contribution < 1.29 is 19.7 Å². The molecule has 4 heteroatoms. The Morgan fingerprint density at radius 3 is 2.78 bits per heavy atom. The van der Waals surface area contributed by atoms with Crippen LogP contribution in [0.5, 0.6) is 0 Å². The van der Waals surface area contributed by atoms with E-state index in [1.807, 2.05) is 18.2 Å². The van der Waals surface area contributed by atoms with Crippen LogP contribution in [-0.4, -0.2) is 34.5 Å². The molecule has 1 aromatic rings. The molecule has 0 radical (unpaired) electrons.